The molecule has 3 aliphatic rings. The second kappa shape index (κ2) is 7.01. The van der Waals surface area contributed by atoms with Gasteiger partial charge in [-0.25, -0.2) is 0 Å². The fraction of sp³-hybridized carbons (Fsp3) is 0.889. The maximum absolute atomic E-state index is 12.6. The Bertz CT molecular complexity index is 413. The van der Waals surface area contributed by atoms with Crippen molar-refractivity contribution in [2.75, 3.05) is 20.1 Å². The fourth-order valence-corrected chi connectivity index (χ4v) is 4.15. The number of hydrogen-bond acceptors (Lipinski definition) is 2. The van der Waals surface area contributed by atoms with Gasteiger partial charge in [-0.3, -0.25) is 9.59 Å². The van der Waals surface area contributed by atoms with Gasteiger partial charge >= 0.3 is 0 Å². The predicted molar refractivity (Wildman–Crippen MR) is 86.3 cm³/mol. The summed E-state index contributed by atoms with van der Waals surface area (Å²) >= 11 is 0. The minimum atomic E-state index is 0.0368. The third kappa shape index (κ3) is 3.82. The molecule has 0 N–H and O–H groups in total. The van der Waals surface area contributed by atoms with Gasteiger partial charge in [-0.15, -0.1) is 0 Å². The van der Waals surface area contributed by atoms with Gasteiger partial charge in [0, 0.05) is 32.6 Å². The molecule has 124 valence electrons. The highest BCUT2D eigenvalue weighted by molar-refractivity contribution is 5.84. The molecule has 0 spiro atoms. The normalized spacial score (nSPS) is 26.5. The van der Waals surface area contributed by atoms with E-state index in [2.05, 4.69) is 0 Å². The highest BCUT2D eigenvalue weighted by Gasteiger charge is 2.39. The summed E-state index contributed by atoms with van der Waals surface area (Å²) in [5.74, 6) is 1.45. The minimum Gasteiger partial charge on any atom is -0.345 e. The Morgan fingerprint density at radius 1 is 1.18 bits per heavy atom. The Labute approximate surface area is 134 Å². The second-order valence-electron chi connectivity index (χ2n) is 7.57. The van der Waals surface area contributed by atoms with E-state index in [1.165, 1.54) is 32.1 Å². The number of carbonyl (C=O) groups is 2. The first kappa shape index (κ1) is 15.8. The first-order valence-corrected chi connectivity index (χ1v) is 9.19. The average molecular weight is 306 g/mol. The van der Waals surface area contributed by atoms with Gasteiger partial charge in [0.05, 0.1) is 5.92 Å². The van der Waals surface area contributed by atoms with Crippen molar-refractivity contribution in [1.29, 1.82) is 0 Å². The summed E-state index contributed by atoms with van der Waals surface area (Å²) in [6.45, 7) is 1.54. The number of rotatable bonds is 6. The zero-order valence-corrected chi connectivity index (χ0v) is 13.9. The highest BCUT2D eigenvalue weighted by Crippen LogP contribution is 2.32. The van der Waals surface area contributed by atoms with E-state index in [-0.39, 0.29) is 17.7 Å². The van der Waals surface area contributed by atoms with E-state index in [0.29, 0.717) is 19.0 Å². The third-order valence-electron chi connectivity index (χ3n) is 5.74. The molecule has 1 heterocycles. The number of amides is 2. The molecule has 4 heteroatoms. The summed E-state index contributed by atoms with van der Waals surface area (Å²) in [6.07, 6.45) is 11.5. The van der Waals surface area contributed by atoms with E-state index in [4.69, 9.17) is 0 Å². The molecule has 0 aromatic rings. The van der Waals surface area contributed by atoms with Crippen molar-refractivity contribution in [3.8, 4) is 0 Å². The van der Waals surface area contributed by atoms with Crippen molar-refractivity contribution >= 4 is 11.8 Å². The van der Waals surface area contributed by atoms with Crippen LogP contribution >= 0.6 is 0 Å². The molecule has 2 amide bonds. The molecule has 3 fully saturated rings. The van der Waals surface area contributed by atoms with Gasteiger partial charge in [-0.05, 0) is 38.0 Å². The SMILES string of the molecule is CN(CCCC1CCCC1)C(=O)[C@@H]1CCC(=O)N(C2CC2)C1. The van der Waals surface area contributed by atoms with Crippen LogP contribution in [0, 0.1) is 11.8 Å². The van der Waals surface area contributed by atoms with Crippen LogP contribution < -0.4 is 0 Å². The Kier molecular flexibility index (Phi) is 5.04. The minimum absolute atomic E-state index is 0.0368. The summed E-state index contributed by atoms with van der Waals surface area (Å²) in [5.41, 5.74) is 0. The van der Waals surface area contributed by atoms with Crippen molar-refractivity contribution < 1.29 is 9.59 Å². The lowest BCUT2D eigenvalue weighted by atomic mass is 9.95. The highest BCUT2D eigenvalue weighted by atomic mass is 16.2. The monoisotopic (exact) mass is 306 g/mol. The quantitative estimate of drug-likeness (QED) is 0.757. The molecule has 1 saturated heterocycles. The molecular formula is C18H30N2O2. The predicted octanol–water partition coefficient (Wildman–Crippen LogP) is 2.82. The molecule has 0 aromatic heterocycles. The molecule has 1 atom stereocenters. The lowest BCUT2D eigenvalue weighted by Gasteiger charge is -2.34. The Hall–Kier alpha value is -1.06. The van der Waals surface area contributed by atoms with Crippen molar-refractivity contribution in [2.24, 2.45) is 11.8 Å². The maximum atomic E-state index is 12.6. The van der Waals surface area contributed by atoms with Gasteiger partial charge in [-0.1, -0.05) is 25.7 Å². The van der Waals surface area contributed by atoms with E-state index in [1.807, 2.05) is 16.8 Å². The molecule has 0 radical (unpaired) electrons. The summed E-state index contributed by atoms with van der Waals surface area (Å²) in [5, 5.41) is 0. The van der Waals surface area contributed by atoms with Crippen molar-refractivity contribution in [3.05, 3.63) is 0 Å². The van der Waals surface area contributed by atoms with E-state index < -0.39 is 0 Å². The van der Waals surface area contributed by atoms with Crippen LogP contribution in [-0.4, -0.2) is 47.8 Å². The molecule has 1 aliphatic heterocycles. The zero-order valence-electron chi connectivity index (χ0n) is 13.9. The maximum Gasteiger partial charge on any atom is 0.227 e. The molecule has 22 heavy (non-hydrogen) atoms. The number of piperidine rings is 1. The lowest BCUT2D eigenvalue weighted by molar-refractivity contribution is -0.142. The summed E-state index contributed by atoms with van der Waals surface area (Å²) < 4.78 is 0. The summed E-state index contributed by atoms with van der Waals surface area (Å²) in [7, 11) is 1.94. The van der Waals surface area contributed by atoms with Crippen molar-refractivity contribution in [2.45, 2.75) is 70.3 Å². The number of nitrogens with zero attached hydrogens (tertiary/aromatic N) is 2. The van der Waals surface area contributed by atoms with E-state index in [9.17, 15) is 9.59 Å². The molecule has 2 saturated carbocycles. The van der Waals surface area contributed by atoms with Crippen molar-refractivity contribution in [3.63, 3.8) is 0 Å². The molecule has 0 aromatic carbocycles. The van der Waals surface area contributed by atoms with Crippen LogP contribution in [0.3, 0.4) is 0 Å². The van der Waals surface area contributed by atoms with E-state index >= 15 is 0 Å². The smallest absolute Gasteiger partial charge is 0.227 e. The summed E-state index contributed by atoms with van der Waals surface area (Å²) in [6, 6.07) is 0.441. The van der Waals surface area contributed by atoms with Crippen LogP contribution in [0.5, 0.6) is 0 Å². The zero-order chi connectivity index (χ0) is 15.5. The average Bonchev–Trinajstić information content (AvgIpc) is 3.23. The van der Waals surface area contributed by atoms with E-state index in [1.54, 1.807) is 0 Å². The molecular weight excluding hydrogens is 276 g/mol. The topological polar surface area (TPSA) is 40.6 Å². The molecule has 3 rings (SSSR count). The van der Waals surface area contributed by atoms with Crippen LogP contribution in [-0.2, 0) is 9.59 Å². The van der Waals surface area contributed by atoms with Gasteiger partial charge in [0.25, 0.3) is 0 Å². The first-order chi connectivity index (χ1) is 10.6. The number of carbonyl (C=O) groups excluding carboxylic acids is 2. The van der Waals surface area contributed by atoms with Gasteiger partial charge < -0.3 is 9.80 Å². The van der Waals surface area contributed by atoms with Gasteiger partial charge in [0.15, 0.2) is 0 Å². The largest absolute Gasteiger partial charge is 0.345 e. The van der Waals surface area contributed by atoms with Crippen LogP contribution in [0.25, 0.3) is 0 Å². The third-order valence-corrected chi connectivity index (χ3v) is 5.74. The molecule has 0 unspecified atom stereocenters. The second-order valence-corrected chi connectivity index (χ2v) is 7.57. The number of likely N-dealkylation sites (tertiary alicyclic amines) is 1. The van der Waals surface area contributed by atoms with Crippen LogP contribution in [0.2, 0.25) is 0 Å². The van der Waals surface area contributed by atoms with Gasteiger partial charge in [0.2, 0.25) is 11.8 Å². The van der Waals surface area contributed by atoms with E-state index in [0.717, 1.165) is 38.1 Å². The van der Waals surface area contributed by atoms with Gasteiger partial charge in [-0.2, -0.15) is 0 Å². The van der Waals surface area contributed by atoms with Gasteiger partial charge in [0.1, 0.15) is 0 Å². The number of hydrogen-bond donors (Lipinski definition) is 0. The van der Waals surface area contributed by atoms with Crippen LogP contribution in [0.1, 0.15) is 64.2 Å². The van der Waals surface area contributed by atoms with Crippen molar-refractivity contribution in [1.82, 2.24) is 9.80 Å². The molecule has 0 bridgehead atoms. The molecule has 2 aliphatic carbocycles. The first-order valence-electron chi connectivity index (χ1n) is 9.19. The Morgan fingerprint density at radius 3 is 2.59 bits per heavy atom. The van der Waals surface area contributed by atoms with Crippen LogP contribution in [0.15, 0.2) is 0 Å². The molecule has 4 nitrogen and oxygen atoms in total. The Morgan fingerprint density at radius 2 is 1.91 bits per heavy atom. The fourth-order valence-electron chi connectivity index (χ4n) is 4.15. The van der Waals surface area contributed by atoms with Crippen LogP contribution in [0.4, 0.5) is 0 Å². The Balaban J connectivity index is 1.42. The standard InChI is InChI=1S/C18H30N2O2/c1-19(12-4-7-14-5-2-3-6-14)18(22)15-8-11-17(21)20(13-15)16-9-10-16/h14-16H,2-13H2,1H3/t15-/m1/s1. The summed E-state index contributed by atoms with van der Waals surface area (Å²) in [4.78, 5) is 28.4. The lowest BCUT2D eigenvalue weighted by Crippen LogP contribution is -2.47.